The number of aryl methyl sites for hydroxylation is 1. The Morgan fingerprint density at radius 3 is 2.64 bits per heavy atom. The summed E-state index contributed by atoms with van der Waals surface area (Å²) < 4.78 is 25.0. The Labute approximate surface area is 129 Å². The molecule has 2 rings (SSSR count). The molecular formula is C14H18N4O3S. The number of anilines is 1. The van der Waals surface area contributed by atoms with Gasteiger partial charge in [-0.1, -0.05) is 6.92 Å². The highest BCUT2D eigenvalue weighted by Gasteiger charge is 2.15. The molecule has 0 bridgehead atoms. The van der Waals surface area contributed by atoms with Gasteiger partial charge in [-0.05, 0) is 25.5 Å². The van der Waals surface area contributed by atoms with Crippen LogP contribution in [-0.2, 0) is 14.6 Å². The number of rotatable bonds is 6. The molecular weight excluding hydrogens is 304 g/mol. The highest BCUT2D eigenvalue weighted by Crippen LogP contribution is 2.11. The van der Waals surface area contributed by atoms with Gasteiger partial charge in [-0.2, -0.15) is 0 Å². The SMILES string of the molecule is CCCS(=O)(=O)CC(=O)Nc1ccc(-n2ccnc2C)nc1. The molecule has 0 aliphatic heterocycles. The number of sulfone groups is 1. The summed E-state index contributed by atoms with van der Waals surface area (Å²) in [5.41, 5.74) is 0.457. The van der Waals surface area contributed by atoms with Crippen molar-refractivity contribution in [2.24, 2.45) is 0 Å². The Hall–Kier alpha value is -2.22. The summed E-state index contributed by atoms with van der Waals surface area (Å²) in [6.07, 6.45) is 5.44. The van der Waals surface area contributed by atoms with Gasteiger partial charge in [-0.15, -0.1) is 0 Å². The van der Waals surface area contributed by atoms with Crippen LogP contribution < -0.4 is 5.32 Å². The molecule has 22 heavy (non-hydrogen) atoms. The molecule has 0 atom stereocenters. The van der Waals surface area contributed by atoms with E-state index in [1.807, 2.05) is 6.92 Å². The largest absolute Gasteiger partial charge is 0.324 e. The maximum absolute atomic E-state index is 11.7. The fraction of sp³-hybridized carbons (Fsp3) is 0.357. The number of pyridine rings is 1. The zero-order valence-electron chi connectivity index (χ0n) is 12.5. The lowest BCUT2D eigenvalue weighted by atomic mass is 10.4. The van der Waals surface area contributed by atoms with Crippen LogP contribution in [0.15, 0.2) is 30.7 Å². The molecule has 0 saturated heterocycles. The van der Waals surface area contributed by atoms with E-state index in [2.05, 4.69) is 15.3 Å². The van der Waals surface area contributed by atoms with Crippen LogP contribution in [0.1, 0.15) is 19.2 Å². The summed E-state index contributed by atoms with van der Waals surface area (Å²) in [6, 6.07) is 3.40. The summed E-state index contributed by atoms with van der Waals surface area (Å²) in [5.74, 6) is 0.421. The van der Waals surface area contributed by atoms with Gasteiger partial charge in [0.2, 0.25) is 5.91 Å². The van der Waals surface area contributed by atoms with Crippen molar-refractivity contribution < 1.29 is 13.2 Å². The number of nitrogens with zero attached hydrogens (tertiary/aromatic N) is 3. The van der Waals surface area contributed by atoms with Crippen LogP contribution in [0.4, 0.5) is 5.69 Å². The first-order valence-corrected chi connectivity index (χ1v) is 8.70. The van der Waals surface area contributed by atoms with E-state index < -0.39 is 21.5 Å². The van der Waals surface area contributed by atoms with E-state index in [1.54, 1.807) is 36.0 Å². The van der Waals surface area contributed by atoms with Crippen molar-refractivity contribution in [1.82, 2.24) is 14.5 Å². The smallest absolute Gasteiger partial charge is 0.239 e. The first-order valence-electron chi connectivity index (χ1n) is 6.88. The van der Waals surface area contributed by atoms with Gasteiger partial charge in [0.1, 0.15) is 17.4 Å². The fourth-order valence-electron chi connectivity index (χ4n) is 2.00. The third kappa shape index (κ3) is 4.14. The van der Waals surface area contributed by atoms with Crippen molar-refractivity contribution in [3.63, 3.8) is 0 Å². The van der Waals surface area contributed by atoms with E-state index in [-0.39, 0.29) is 5.75 Å². The molecule has 0 saturated carbocycles. The number of nitrogens with one attached hydrogen (secondary N) is 1. The Bertz CT molecular complexity index is 751. The van der Waals surface area contributed by atoms with Gasteiger partial charge in [0.15, 0.2) is 9.84 Å². The lowest BCUT2D eigenvalue weighted by Gasteiger charge is -2.07. The molecule has 0 unspecified atom stereocenters. The summed E-state index contributed by atoms with van der Waals surface area (Å²) in [4.78, 5) is 20.1. The van der Waals surface area contributed by atoms with E-state index in [1.165, 1.54) is 6.20 Å². The van der Waals surface area contributed by atoms with Gasteiger partial charge in [-0.25, -0.2) is 18.4 Å². The number of hydrogen-bond acceptors (Lipinski definition) is 5. The minimum absolute atomic E-state index is 0.0114. The van der Waals surface area contributed by atoms with Crippen molar-refractivity contribution in [3.8, 4) is 5.82 Å². The van der Waals surface area contributed by atoms with Gasteiger partial charge in [-0.3, -0.25) is 9.36 Å². The highest BCUT2D eigenvalue weighted by atomic mass is 32.2. The van der Waals surface area contributed by atoms with Gasteiger partial charge < -0.3 is 5.32 Å². The fourth-order valence-corrected chi connectivity index (χ4v) is 3.24. The van der Waals surface area contributed by atoms with E-state index >= 15 is 0 Å². The second-order valence-corrected chi connectivity index (χ2v) is 7.07. The standard InChI is InChI=1S/C14H18N4O3S/c1-3-8-22(20,21)10-14(19)17-12-4-5-13(16-9-12)18-7-6-15-11(18)2/h4-7,9H,3,8,10H2,1-2H3,(H,17,19). The van der Waals surface area contributed by atoms with Crippen LogP contribution >= 0.6 is 0 Å². The first kappa shape index (κ1) is 16.2. The van der Waals surface area contributed by atoms with Crippen LogP contribution in [0, 0.1) is 6.92 Å². The van der Waals surface area contributed by atoms with E-state index in [9.17, 15) is 13.2 Å². The molecule has 2 heterocycles. The van der Waals surface area contributed by atoms with Crippen LogP contribution in [0.3, 0.4) is 0 Å². The molecule has 8 heteroatoms. The van der Waals surface area contributed by atoms with Crippen LogP contribution in [0.25, 0.3) is 5.82 Å². The molecule has 0 fully saturated rings. The van der Waals surface area contributed by atoms with Gasteiger partial charge in [0.05, 0.1) is 17.6 Å². The van der Waals surface area contributed by atoms with Crippen LogP contribution in [0.5, 0.6) is 0 Å². The number of hydrogen-bond donors (Lipinski definition) is 1. The summed E-state index contributed by atoms with van der Waals surface area (Å²) >= 11 is 0. The van der Waals surface area contributed by atoms with Crippen molar-refractivity contribution in [2.45, 2.75) is 20.3 Å². The third-order valence-electron chi connectivity index (χ3n) is 2.97. The molecule has 2 aromatic rings. The second-order valence-electron chi connectivity index (χ2n) is 4.89. The highest BCUT2D eigenvalue weighted by molar-refractivity contribution is 7.92. The van der Waals surface area contributed by atoms with E-state index in [0.29, 0.717) is 17.9 Å². The minimum atomic E-state index is -3.35. The molecule has 0 radical (unpaired) electrons. The lowest BCUT2D eigenvalue weighted by Crippen LogP contribution is -2.24. The molecule has 0 aliphatic rings. The van der Waals surface area contributed by atoms with Gasteiger partial charge >= 0.3 is 0 Å². The van der Waals surface area contributed by atoms with Crippen molar-refractivity contribution in [3.05, 3.63) is 36.5 Å². The van der Waals surface area contributed by atoms with Crippen molar-refractivity contribution in [2.75, 3.05) is 16.8 Å². The van der Waals surface area contributed by atoms with Crippen LogP contribution in [-0.4, -0.2) is 40.4 Å². The van der Waals surface area contributed by atoms with Gasteiger partial charge in [0, 0.05) is 12.4 Å². The summed E-state index contributed by atoms with van der Waals surface area (Å²) in [7, 11) is -3.35. The Morgan fingerprint density at radius 1 is 1.32 bits per heavy atom. The Kier molecular flexibility index (Phi) is 4.92. The van der Waals surface area contributed by atoms with E-state index in [0.717, 1.165) is 5.82 Å². The maximum Gasteiger partial charge on any atom is 0.239 e. The average molecular weight is 322 g/mol. The van der Waals surface area contributed by atoms with Crippen molar-refractivity contribution >= 4 is 21.4 Å². The first-order chi connectivity index (χ1) is 10.4. The number of carbonyl (C=O) groups is 1. The average Bonchev–Trinajstić information content (AvgIpc) is 2.85. The molecule has 118 valence electrons. The summed E-state index contributed by atoms with van der Waals surface area (Å²) in [6.45, 7) is 3.62. The number of carbonyl (C=O) groups excluding carboxylic acids is 1. The number of aromatic nitrogens is 3. The zero-order chi connectivity index (χ0) is 16.2. The van der Waals surface area contributed by atoms with Crippen molar-refractivity contribution in [1.29, 1.82) is 0 Å². The Balaban J connectivity index is 2.03. The molecule has 7 nitrogen and oxygen atoms in total. The monoisotopic (exact) mass is 322 g/mol. The zero-order valence-corrected chi connectivity index (χ0v) is 13.3. The number of amides is 1. The second kappa shape index (κ2) is 6.69. The Morgan fingerprint density at radius 2 is 2.09 bits per heavy atom. The van der Waals surface area contributed by atoms with Gasteiger partial charge in [0.25, 0.3) is 0 Å². The predicted octanol–water partition coefficient (Wildman–Crippen LogP) is 1.34. The summed E-state index contributed by atoms with van der Waals surface area (Å²) in [5, 5.41) is 2.54. The normalized spacial score (nSPS) is 11.4. The minimum Gasteiger partial charge on any atom is -0.324 e. The predicted molar refractivity (Wildman–Crippen MR) is 83.7 cm³/mol. The molecule has 1 N–H and O–H groups in total. The van der Waals surface area contributed by atoms with E-state index in [4.69, 9.17) is 0 Å². The molecule has 0 spiro atoms. The molecule has 0 aliphatic carbocycles. The third-order valence-corrected chi connectivity index (χ3v) is 4.70. The molecule has 1 amide bonds. The van der Waals surface area contributed by atoms with Crippen LogP contribution in [0.2, 0.25) is 0 Å². The quantitative estimate of drug-likeness (QED) is 0.866. The molecule has 0 aromatic carbocycles. The topological polar surface area (TPSA) is 94.0 Å². The lowest BCUT2D eigenvalue weighted by molar-refractivity contribution is -0.113. The maximum atomic E-state index is 11.7. The number of imidazole rings is 1. The molecule has 2 aromatic heterocycles.